The lowest BCUT2D eigenvalue weighted by molar-refractivity contribution is -0.384. The minimum atomic E-state index is -0.481. The Hall–Kier alpha value is -2.31. The van der Waals surface area contributed by atoms with Crippen molar-refractivity contribution in [2.75, 3.05) is 18.1 Å². The Labute approximate surface area is 147 Å². The number of hydrogen-bond donors (Lipinski definition) is 0. The third-order valence-electron chi connectivity index (χ3n) is 3.72. The lowest BCUT2D eigenvalue weighted by Gasteiger charge is -2.17. The predicted octanol–water partition coefficient (Wildman–Crippen LogP) is 3.87. The average Bonchev–Trinajstić information content (AvgIpc) is 2.96. The van der Waals surface area contributed by atoms with Crippen molar-refractivity contribution in [2.45, 2.75) is 6.42 Å². The number of ether oxygens (including phenoxy) is 1. The second-order valence-electron chi connectivity index (χ2n) is 5.23. The van der Waals surface area contributed by atoms with Gasteiger partial charge in [-0.05, 0) is 30.2 Å². The highest BCUT2D eigenvalue weighted by molar-refractivity contribution is 6.35. The highest BCUT2D eigenvalue weighted by atomic mass is 35.5. The summed E-state index contributed by atoms with van der Waals surface area (Å²) in [6, 6.07) is 9.25. The maximum Gasteiger partial charge on any atom is 0.271 e. The number of anilines is 1. The summed E-state index contributed by atoms with van der Waals surface area (Å²) >= 11 is 11.8. The molecular weight excluding hydrogens is 355 g/mol. The van der Waals surface area contributed by atoms with Crippen molar-refractivity contribution in [1.82, 2.24) is 0 Å². The minimum Gasteiger partial charge on any atom is -0.482 e. The Morgan fingerprint density at radius 1 is 1.25 bits per heavy atom. The fourth-order valence-corrected chi connectivity index (χ4v) is 3.01. The number of nitrogens with zero attached hydrogens (tertiary/aromatic N) is 2. The summed E-state index contributed by atoms with van der Waals surface area (Å²) in [5, 5.41) is 11.7. The first kappa shape index (κ1) is 16.5. The number of nitro groups is 1. The number of benzene rings is 2. The molecular formula is C16H12Cl2N2O4. The molecule has 1 aliphatic heterocycles. The standard InChI is InChI=1S/C16H12Cl2N2O4/c17-11-2-4-15(13(18)7-11)24-9-16(21)19-6-5-10-1-3-12(20(22)23)8-14(10)19/h1-4,7-8H,5-6,9H2. The van der Waals surface area contributed by atoms with E-state index in [1.165, 1.54) is 23.1 Å². The van der Waals surface area contributed by atoms with Gasteiger partial charge in [0.25, 0.3) is 11.6 Å². The number of halogens is 2. The topological polar surface area (TPSA) is 72.7 Å². The molecule has 1 amide bonds. The Morgan fingerprint density at radius 2 is 2.04 bits per heavy atom. The van der Waals surface area contributed by atoms with Crippen molar-refractivity contribution < 1.29 is 14.5 Å². The Morgan fingerprint density at radius 3 is 2.75 bits per heavy atom. The van der Waals surface area contributed by atoms with E-state index in [0.717, 1.165) is 5.56 Å². The van der Waals surface area contributed by atoms with Crippen LogP contribution in [0.25, 0.3) is 0 Å². The van der Waals surface area contributed by atoms with E-state index in [2.05, 4.69) is 0 Å². The molecule has 124 valence electrons. The van der Waals surface area contributed by atoms with Crippen LogP contribution in [0.1, 0.15) is 5.56 Å². The molecule has 0 saturated carbocycles. The van der Waals surface area contributed by atoms with Crippen LogP contribution in [0.3, 0.4) is 0 Å². The monoisotopic (exact) mass is 366 g/mol. The fraction of sp³-hybridized carbons (Fsp3) is 0.188. The highest BCUT2D eigenvalue weighted by Crippen LogP contribution is 2.32. The van der Waals surface area contributed by atoms with Crippen LogP contribution in [-0.2, 0) is 11.2 Å². The van der Waals surface area contributed by atoms with Crippen LogP contribution in [0.4, 0.5) is 11.4 Å². The lowest BCUT2D eigenvalue weighted by Crippen LogP contribution is -2.33. The summed E-state index contributed by atoms with van der Waals surface area (Å²) in [6.45, 7) is 0.247. The molecule has 2 aromatic carbocycles. The first-order chi connectivity index (χ1) is 11.5. The summed E-state index contributed by atoms with van der Waals surface area (Å²) in [5.41, 5.74) is 1.41. The summed E-state index contributed by atoms with van der Waals surface area (Å²) < 4.78 is 5.44. The smallest absolute Gasteiger partial charge is 0.271 e. The van der Waals surface area contributed by atoms with Gasteiger partial charge in [-0.3, -0.25) is 14.9 Å². The van der Waals surface area contributed by atoms with E-state index in [0.29, 0.717) is 34.4 Å². The lowest BCUT2D eigenvalue weighted by atomic mass is 10.1. The minimum absolute atomic E-state index is 0.0462. The molecule has 0 aliphatic carbocycles. The Balaban J connectivity index is 1.73. The van der Waals surface area contributed by atoms with Crippen molar-refractivity contribution in [3.05, 3.63) is 62.1 Å². The van der Waals surface area contributed by atoms with Gasteiger partial charge in [0.2, 0.25) is 0 Å². The number of carbonyl (C=O) groups excluding carboxylic acids is 1. The largest absolute Gasteiger partial charge is 0.482 e. The van der Waals surface area contributed by atoms with E-state index in [-0.39, 0.29) is 18.2 Å². The number of fused-ring (bicyclic) bond motifs is 1. The van der Waals surface area contributed by atoms with Gasteiger partial charge in [0, 0.05) is 23.7 Å². The molecule has 2 aromatic rings. The molecule has 6 nitrogen and oxygen atoms in total. The maximum absolute atomic E-state index is 12.4. The van der Waals surface area contributed by atoms with Crippen LogP contribution in [0, 0.1) is 10.1 Å². The van der Waals surface area contributed by atoms with Crippen LogP contribution >= 0.6 is 23.2 Å². The third kappa shape index (κ3) is 3.29. The van der Waals surface area contributed by atoms with Crippen LogP contribution in [-0.4, -0.2) is 24.0 Å². The number of rotatable bonds is 4. The van der Waals surface area contributed by atoms with E-state index in [1.807, 2.05) is 0 Å². The molecule has 0 unspecified atom stereocenters. The molecule has 8 heteroatoms. The molecule has 1 aliphatic rings. The zero-order valence-corrected chi connectivity index (χ0v) is 13.9. The molecule has 0 N–H and O–H groups in total. The number of nitro benzene ring substituents is 1. The van der Waals surface area contributed by atoms with Gasteiger partial charge >= 0.3 is 0 Å². The summed E-state index contributed by atoms with van der Waals surface area (Å²) in [7, 11) is 0. The van der Waals surface area contributed by atoms with Gasteiger partial charge in [0.15, 0.2) is 6.61 Å². The molecule has 1 heterocycles. The van der Waals surface area contributed by atoms with Gasteiger partial charge in [0.1, 0.15) is 5.75 Å². The highest BCUT2D eigenvalue weighted by Gasteiger charge is 2.27. The first-order valence-corrected chi connectivity index (χ1v) is 7.87. The van der Waals surface area contributed by atoms with E-state index >= 15 is 0 Å². The number of amides is 1. The number of non-ortho nitro benzene ring substituents is 1. The molecule has 0 fully saturated rings. The van der Waals surface area contributed by atoms with E-state index < -0.39 is 4.92 Å². The van der Waals surface area contributed by atoms with Gasteiger partial charge in [-0.1, -0.05) is 29.3 Å². The third-order valence-corrected chi connectivity index (χ3v) is 4.25. The molecule has 0 aromatic heterocycles. The van der Waals surface area contributed by atoms with Crippen molar-refractivity contribution in [3.63, 3.8) is 0 Å². The summed E-state index contributed by atoms with van der Waals surface area (Å²) in [6.07, 6.45) is 0.654. The summed E-state index contributed by atoms with van der Waals surface area (Å²) in [5.74, 6) is 0.0631. The average molecular weight is 367 g/mol. The van der Waals surface area contributed by atoms with Crippen molar-refractivity contribution >= 4 is 40.5 Å². The SMILES string of the molecule is O=C(COc1ccc(Cl)cc1Cl)N1CCc2ccc([N+](=O)[O-])cc21. The maximum atomic E-state index is 12.4. The normalized spacial score (nSPS) is 12.8. The molecule has 0 bridgehead atoms. The Bertz CT molecular complexity index is 826. The summed E-state index contributed by atoms with van der Waals surface area (Å²) in [4.78, 5) is 24.3. The molecule has 0 spiro atoms. The zero-order valence-electron chi connectivity index (χ0n) is 12.4. The van der Waals surface area contributed by atoms with Crippen LogP contribution in [0.5, 0.6) is 5.75 Å². The van der Waals surface area contributed by atoms with Gasteiger partial charge in [-0.2, -0.15) is 0 Å². The molecule has 0 radical (unpaired) electrons. The van der Waals surface area contributed by atoms with Gasteiger partial charge in [0.05, 0.1) is 15.6 Å². The van der Waals surface area contributed by atoms with Gasteiger partial charge in [-0.15, -0.1) is 0 Å². The van der Waals surface area contributed by atoms with Crippen LogP contribution in [0.15, 0.2) is 36.4 Å². The molecule has 24 heavy (non-hydrogen) atoms. The van der Waals surface area contributed by atoms with Gasteiger partial charge in [-0.25, -0.2) is 0 Å². The van der Waals surface area contributed by atoms with Crippen LogP contribution in [0.2, 0.25) is 10.0 Å². The Kier molecular flexibility index (Phi) is 4.59. The molecule has 0 saturated heterocycles. The quantitative estimate of drug-likeness (QED) is 0.608. The van der Waals surface area contributed by atoms with Crippen LogP contribution < -0.4 is 9.64 Å². The first-order valence-electron chi connectivity index (χ1n) is 7.11. The molecule has 0 atom stereocenters. The van der Waals surface area contributed by atoms with E-state index in [9.17, 15) is 14.9 Å². The van der Waals surface area contributed by atoms with Crippen molar-refractivity contribution in [1.29, 1.82) is 0 Å². The predicted molar refractivity (Wildman–Crippen MR) is 91.1 cm³/mol. The molecule has 3 rings (SSSR count). The second-order valence-corrected chi connectivity index (χ2v) is 6.07. The van der Waals surface area contributed by atoms with E-state index in [1.54, 1.807) is 18.2 Å². The number of carbonyl (C=O) groups is 1. The zero-order chi connectivity index (χ0) is 17.3. The second kappa shape index (κ2) is 6.67. The van der Waals surface area contributed by atoms with Crippen molar-refractivity contribution in [2.24, 2.45) is 0 Å². The van der Waals surface area contributed by atoms with Crippen molar-refractivity contribution in [3.8, 4) is 5.75 Å². The van der Waals surface area contributed by atoms with E-state index in [4.69, 9.17) is 27.9 Å². The van der Waals surface area contributed by atoms with Gasteiger partial charge < -0.3 is 9.64 Å². The fourth-order valence-electron chi connectivity index (χ4n) is 2.55. The number of hydrogen-bond acceptors (Lipinski definition) is 4.